The van der Waals surface area contributed by atoms with Crippen LogP contribution in [0.5, 0.6) is 0 Å². The molecule has 0 aliphatic carbocycles. The van der Waals surface area contributed by atoms with Gasteiger partial charge in [0.2, 0.25) is 21.1 Å². The molecule has 0 saturated carbocycles. The number of hydrogen-bond acceptors (Lipinski definition) is 9. The lowest BCUT2D eigenvalue weighted by molar-refractivity contribution is -0.137. The van der Waals surface area contributed by atoms with Crippen molar-refractivity contribution in [3.63, 3.8) is 0 Å². The van der Waals surface area contributed by atoms with Gasteiger partial charge in [-0.15, -0.1) is 10.2 Å². The van der Waals surface area contributed by atoms with Gasteiger partial charge in [0.25, 0.3) is 0 Å². The summed E-state index contributed by atoms with van der Waals surface area (Å²) in [6.07, 6.45) is 1.33. The van der Waals surface area contributed by atoms with E-state index in [1.807, 2.05) is 19.9 Å². The lowest BCUT2D eigenvalue weighted by Crippen LogP contribution is -2.47. The number of thioether (sulfide) groups is 1. The van der Waals surface area contributed by atoms with Gasteiger partial charge in [0.05, 0.1) is 24.8 Å². The summed E-state index contributed by atoms with van der Waals surface area (Å²) in [5.41, 5.74) is 2.37. The number of hydrogen-bond donors (Lipinski definition) is 1. The Hall–Kier alpha value is -2.18. The van der Waals surface area contributed by atoms with Gasteiger partial charge in [-0.05, 0) is 43.5 Å². The maximum absolute atomic E-state index is 12.9. The number of nitrogens with one attached hydrogen (secondary N) is 1. The van der Waals surface area contributed by atoms with Gasteiger partial charge in [-0.25, -0.2) is 8.42 Å². The average molecular weight is 473 g/mol. The minimum atomic E-state index is -3.73. The number of aryl methyl sites for hydroxylation is 2. The zero-order valence-electron chi connectivity index (χ0n) is 17.3. The van der Waals surface area contributed by atoms with Gasteiger partial charge < -0.3 is 4.74 Å². The Labute approximate surface area is 184 Å². The quantitative estimate of drug-likeness (QED) is 0.336. The largest absolute Gasteiger partial charge is 0.468 e. The molecule has 0 spiro atoms. The molecule has 0 fully saturated rings. The highest BCUT2D eigenvalue weighted by Crippen LogP contribution is 2.28. The summed E-state index contributed by atoms with van der Waals surface area (Å²) in [5.74, 6) is -0.837. The Balaban J connectivity index is 2.23. The predicted octanol–water partition coefficient (Wildman–Crippen LogP) is 2.60. The number of methoxy groups -OCH3 is 1. The molecule has 12 heteroatoms. The first-order valence-electron chi connectivity index (χ1n) is 8.97. The fourth-order valence-electron chi connectivity index (χ4n) is 2.61. The van der Waals surface area contributed by atoms with E-state index in [9.17, 15) is 18.0 Å². The Kier molecular flexibility index (Phi) is 8.21. The number of anilines is 2. The molecule has 2 rings (SSSR count). The molecule has 1 aromatic heterocycles. The number of esters is 1. The van der Waals surface area contributed by atoms with E-state index in [1.54, 1.807) is 19.1 Å². The lowest BCUT2D eigenvalue weighted by atomic mass is 10.1. The molecule has 1 heterocycles. The van der Waals surface area contributed by atoms with Gasteiger partial charge in [-0.2, -0.15) is 0 Å². The lowest BCUT2D eigenvalue weighted by Gasteiger charge is -2.30. The first-order valence-corrected chi connectivity index (χ1v) is 12.6. The fourth-order valence-corrected chi connectivity index (χ4v) is 5.40. The number of carbonyl (C=O) groups is 2. The van der Waals surface area contributed by atoms with Crippen LogP contribution in [0.15, 0.2) is 22.5 Å². The number of amides is 1. The zero-order valence-corrected chi connectivity index (χ0v) is 19.8. The van der Waals surface area contributed by atoms with Gasteiger partial charge in [-0.3, -0.25) is 19.2 Å². The molecule has 1 atom stereocenters. The van der Waals surface area contributed by atoms with Crippen LogP contribution in [0.2, 0.25) is 0 Å². The summed E-state index contributed by atoms with van der Waals surface area (Å²) in [5, 5.41) is 10.7. The second kappa shape index (κ2) is 10.2. The Morgan fingerprint density at radius 1 is 1.27 bits per heavy atom. The van der Waals surface area contributed by atoms with Crippen LogP contribution in [0.4, 0.5) is 10.8 Å². The SMILES string of the molecule is CCC(C(=O)Nc1nnc(SCC(=O)OC)s1)N(c1ccc(C)c(C)c1)S(C)(=O)=O. The summed E-state index contributed by atoms with van der Waals surface area (Å²) >= 11 is 2.23. The monoisotopic (exact) mass is 472 g/mol. The smallest absolute Gasteiger partial charge is 0.316 e. The highest BCUT2D eigenvalue weighted by molar-refractivity contribution is 8.01. The minimum absolute atomic E-state index is 0.0747. The third kappa shape index (κ3) is 6.16. The van der Waals surface area contributed by atoms with Crippen molar-refractivity contribution in [3.8, 4) is 0 Å². The van der Waals surface area contributed by atoms with E-state index in [0.717, 1.165) is 44.8 Å². The molecule has 0 aliphatic rings. The number of benzene rings is 1. The molecule has 9 nitrogen and oxygen atoms in total. The minimum Gasteiger partial charge on any atom is -0.468 e. The third-order valence-electron chi connectivity index (χ3n) is 4.25. The Morgan fingerprint density at radius 3 is 2.53 bits per heavy atom. The van der Waals surface area contributed by atoms with E-state index >= 15 is 0 Å². The molecule has 1 amide bonds. The van der Waals surface area contributed by atoms with E-state index in [1.165, 1.54) is 7.11 Å². The van der Waals surface area contributed by atoms with Crippen LogP contribution in [0.25, 0.3) is 0 Å². The van der Waals surface area contributed by atoms with Crippen LogP contribution in [0.1, 0.15) is 24.5 Å². The maximum atomic E-state index is 12.9. The summed E-state index contributed by atoms with van der Waals surface area (Å²) in [6.45, 7) is 5.55. The van der Waals surface area contributed by atoms with E-state index in [-0.39, 0.29) is 17.3 Å². The standard InChI is InChI=1S/C18H24N4O5S3/c1-6-14(22(30(5,25)26)13-8-7-11(2)12(3)9-13)16(24)19-17-20-21-18(29-17)28-10-15(23)27-4/h7-9,14H,6,10H2,1-5H3,(H,19,20,24). The van der Waals surface area contributed by atoms with Crippen LogP contribution in [-0.2, 0) is 24.3 Å². The third-order valence-corrected chi connectivity index (χ3v) is 7.38. The normalized spacial score (nSPS) is 12.3. The summed E-state index contributed by atoms with van der Waals surface area (Å²) in [7, 11) is -2.43. The highest BCUT2D eigenvalue weighted by atomic mass is 32.2. The van der Waals surface area contributed by atoms with Crippen LogP contribution >= 0.6 is 23.1 Å². The summed E-state index contributed by atoms with van der Waals surface area (Å²) < 4.78 is 31.3. The van der Waals surface area contributed by atoms with E-state index < -0.39 is 27.9 Å². The van der Waals surface area contributed by atoms with Crippen LogP contribution in [-0.4, -0.2) is 55.7 Å². The van der Waals surface area contributed by atoms with Crippen molar-refractivity contribution in [2.24, 2.45) is 0 Å². The van der Waals surface area contributed by atoms with E-state index in [0.29, 0.717) is 10.0 Å². The summed E-state index contributed by atoms with van der Waals surface area (Å²) in [4.78, 5) is 24.1. The average Bonchev–Trinajstić information content (AvgIpc) is 3.12. The Bertz CT molecular complexity index is 1020. The van der Waals surface area contributed by atoms with Crippen molar-refractivity contribution in [3.05, 3.63) is 29.3 Å². The van der Waals surface area contributed by atoms with Crippen LogP contribution in [0.3, 0.4) is 0 Å². The molecule has 0 aliphatic heterocycles. The molecular weight excluding hydrogens is 448 g/mol. The zero-order chi connectivity index (χ0) is 22.5. The molecule has 30 heavy (non-hydrogen) atoms. The fraction of sp³-hybridized carbons (Fsp3) is 0.444. The van der Waals surface area contributed by atoms with Gasteiger partial charge in [0.1, 0.15) is 6.04 Å². The van der Waals surface area contributed by atoms with Gasteiger partial charge in [0, 0.05) is 0 Å². The maximum Gasteiger partial charge on any atom is 0.316 e. The summed E-state index contributed by atoms with van der Waals surface area (Å²) in [6, 6.07) is 4.30. The molecule has 1 unspecified atom stereocenters. The van der Waals surface area contributed by atoms with Crippen molar-refractivity contribution < 1.29 is 22.7 Å². The predicted molar refractivity (Wildman–Crippen MR) is 119 cm³/mol. The number of nitrogens with zero attached hydrogens (tertiary/aromatic N) is 3. The van der Waals surface area contributed by atoms with E-state index in [2.05, 4.69) is 20.3 Å². The molecule has 0 radical (unpaired) electrons. The Morgan fingerprint density at radius 2 is 1.97 bits per heavy atom. The molecule has 2 aromatic rings. The number of carbonyl (C=O) groups excluding carboxylic acids is 2. The molecule has 0 saturated heterocycles. The van der Waals surface area contributed by atoms with Gasteiger partial charge in [-0.1, -0.05) is 36.1 Å². The number of aromatic nitrogens is 2. The van der Waals surface area contributed by atoms with Crippen molar-refractivity contribution in [1.29, 1.82) is 0 Å². The van der Waals surface area contributed by atoms with Gasteiger partial charge in [0.15, 0.2) is 4.34 Å². The topological polar surface area (TPSA) is 119 Å². The number of ether oxygens (including phenoxy) is 1. The first-order chi connectivity index (χ1) is 14.1. The van der Waals surface area contributed by atoms with E-state index in [4.69, 9.17) is 0 Å². The highest BCUT2D eigenvalue weighted by Gasteiger charge is 2.32. The van der Waals surface area contributed by atoms with Crippen molar-refractivity contribution in [2.75, 3.05) is 28.7 Å². The second-order valence-electron chi connectivity index (χ2n) is 6.48. The molecule has 1 aromatic carbocycles. The van der Waals surface area contributed by atoms with Crippen molar-refractivity contribution in [2.45, 2.75) is 37.6 Å². The van der Waals surface area contributed by atoms with Crippen LogP contribution in [0, 0.1) is 13.8 Å². The van der Waals surface area contributed by atoms with Crippen molar-refractivity contribution in [1.82, 2.24) is 10.2 Å². The van der Waals surface area contributed by atoms with Crippen molar-refractivity contribution >= 4 is 55.8 Å². The second-order valence-corrected chi connectivity index (χ2v) is 10.5. The number of sulfonamides is 1. The van der Waals surface area contributed by atoms with Gasteiger partial charge >= 0.3 is 5.97 Å². The number of rotatable bonds is 9. The molecule has 164 valence electrons. The van der Waals surface area contributed by atoms with Crippen LogP contribution < -0.4 is 9.62 Å². The molecule has 1 N–H and O–H groups in total. The molecular formula is C18H24N4O5S3. The first kappa shape index (κ1) is 24.1. The molecule has 0 bridgehead atoms.